The fourth-order valence-corrected chi connectivity index (χ4v) is 2.64. The smallest absolute Gasteiger partial charge is 0.234 e. The molecular weight excluding hydrogens is 222 g/mol. The summed E-state index contributed by atoms with van der Waals surface area (Å²) in [6, 6.07) is 9.28. The maximum atomic E-state index is 11.9. The van der Waals surface area contributed by atoms with Gasteiger partial charge in [-0.1, -0.05) is 31.5 Å². The highest BCUT2D eigenvalue weighted by molar-refractivity contribution is 7.92. The van der Waals surface area contributed by atoms with Crippen LogP contribution in [0.5, 0.6) is 0 Å². The van der Waals surface area contributed by atoms with Gasteiger partial charge < -0.3 is 0 Å². The van der Waals surface area contributed by atoms with E-state index in [1.165, 1.54) is 4.31 Å². The monoisotopic (exact) mass is 241 g/mol. The third kappa shape index (κ3) is 3.23. The summed E-state index contributed by atoms with van der Waals surface area (Å²) in [5, 5.41) is 0. The lowest BCUT2D eigenvalue weighted by Crippen LogP contribution is -2.33. The fraction of sp³-hybridized carbons (Fsp3) is 0.500. The molecule has 0 radical (unpaired) electrons. The second-order valence-electron chi connectivity index (χ2n) is 3.66. The van der Waals surface area contributed by atoms with Crippen LogP contribution in [0.3, 0.4) is 0 Å². The van der Waals surface area contributed by atoms with Gasteiger partial charge in [0.05, 0.1) is 11.4 Å². The van der Waals surface area contributed by atoms with Crippen LogP contribution in [0.15, 0.2) is 30.3 Å². The molecule has 4 heteroatoms. The lowest BCUT2D eigenvalue weighted by atomic mass is 10.3. The van der Waals surface area contributed by atoms with Gasteiger partial charge in [0.2, 0.25) is 10.0 Å². The number of hydrogen-bond acceptors (Lipinski definition) is 2. The molecular formula is C12H19NO2S. The molecule has 0 aromatic heterocycles. The van der Waals surface area contributed by atoms with Gasteiger partial charge in [-0.05, 0) is 25.5 Å². The lowest BCUT2D eigenvalue weighted by molar-refractivity contribution is 0.590. The van der Waals surface area contributed by atoms with E-state index in [1.807, 2.05) is 30.3 Å². The highest BCUT2D eigenvalue weighted by atomic mass is 32.2. The number of unbranched alkanes of at least 4 members (excludes halogenated alkanes) is 1. The van der Waals surface area contributed by atoms with Crippen LogP contribution in [0.25, 0.3) is 0 Å². The van der Waals surface area contributed by atoms with Crippen molar-refractivity contribution in [3.05, 3.63) is 30.3 Å². The molecule has 0 atom stereocenters. The Labute approximate surface area is 98.1 Å². The summed E-state index contributed by atoms with van der Waals surface area (Å²) in [4.78, 5) is 0. The molecule has 0 amide bonds. The van der Waals surface area contributed by atoms with Crippen LogP contribution >= 0.6 is 0 Å². The van der Waals surface area contributed by atoms with Crippen molar-refractivity contribution >= 4 is 15.7 Å². The van der Waals surface area contributed by atoms with E-state index in [-0.39, 0.29) is 5.75 Å². The molecule has 0 bridgehead atoms. The molecule has 0 aliphatic rings. The topological polar surface area (TPSA) is 37.4 Å². The van der Waals surface area contributed by atoms with Crippen molar-refractivity contribution in [2.45, 2.75) is 26.7 Å². The van der Waals surface area contributed by atoms with Crippen molar-refractivity contribution in [2.24, 2.45) is 0 Å². The van der Waals surface area contributed by atoms with Gasteiger partial charge in [-0.15, -0.1) is 0 Å². The highest BCUT2D eigenvalue weighted by Crippen LogP contribution is 2.18. The first-order valence-electron chi connectivity index (χ1n) is 5.67. The summed E-state index contributed by atoms with van der Waals surface area (Å²) in [5.74, 6) is 0.144. The van der Waals surface area contributed by atoms with Crippen LogP contribution in [-0.2, 0) is 10.0 Å². The number of anilines is 1. The quantitative estimate of drug-likeness (QED) is 0.768. The van der Waals surface area contributed by atoms with Gasteiger partial charge in [0.15, 0.2) is 0 Å². The van der Waals surface area contributed by atoms with Crippen molar-refractivity contribution in [1.82, 2.24) is 0 Å². The number of nitrogens with zero attached hydrogens (tertiary/aromatic N) is 1. The van der Waals surface area contributed by atoms with Crippen molar-refractivity contribution in [3.8, 4) is 0 Å². The zero-order valence-corrected chi connectivity index (χ0v) is 10.7. The summed E-state index contributed by atoms with van der Waals surface area (Å²) in [7, 11) is -3.15. The average molecular weight is 241 g/mol. The maximum Gasteiger partial charge on any atom is 0.234 e. The second kappa shape index (κ2) is 5.89. The van der Waals surface area contributed by atoms with Gasteiger partial charge >= 0.3 is 0 Å². The zero-order chi connectivity index (χ0) is 12.0. The van der Waals surface area contributed by atoms with Gasteiger partial charge in [-0.3, -0.25) is 4.31 Å². The minimum absolute atomic E-state index is 0.144. The fourth-order valence-electron chi connectivity index (χ4n) is 1.48. The molecule has 3 nitrogen and oxygen atoms in total. The molecule has 0 fully saturated rings. The number of benzene rings is 1. The van der Waals surface area contributed by atoms with Gasteiger partial charge in [0.25, 0.3) is 0 Å². The molecule has 1 aromatic carbocycles. The molecule has 0 N–H and O–H groups in total. The first-order valence-corrected chi connectivity index (χ1v) is 7.28. The van der Waals surface area contributed by atoms with Crippen molar-refractivity contribution in [3.63, 3.8) is 0 Å². The SMILES string of the molecule is CCCCN(c1ccccc1)S(=O)(=O)CC. The van der Waals surface area contributed by atoms with Gasteiger partial charge in [0.1, 0.15) is 0 Å². The van der Waals surface area contributed by atoms with Crippen molar-refractivity contribution < 1.29 is 8.42 Å². The average Bonchev–Trinajstić information content (AvgIpc) is 2.31. The summed E-state index contributed by atoms with van der Waals surface area (Å²) < 4.78 is 25.4. The molecule has 0 spiro atoms. The van der Waals surface area contributed by atoms with Gasteiger partial charge in [-0.25, -0.2) is 8.42 Å². The normalized spacial score (nSPS) is 11.4. The van der Waals surface area contributed by atoms with E-state index in [1.54, 1.807) is 6.92 Å². The Bertz CT molecular complexity index is 400. The Morgan fingerprint density at radius 1 is 1.12 bits per heavy atom. The molecule has 90 valence electrons. The van der Waals surface area contributed by atoms with E-state index in [9.17, 15) is 8.42 Å². The Kier molecular flexibility index (Phi) is 4.80. The zero-order valence-electron chi connectivity index (χ0n) is 9.89. The predicted molar refractivity (Wildman–Crippen MR) is 68.2 cm³/mol. The predicted octanol–water partition coefficient (Wildman–Crippen LogP) is 2.64. The van der Waals surface area contributed by atoms with E-state index in [2.05, 4.69) is 6.92 Å². The van der Waals surface area contributed by atoms with Crippen molar-refractivity contribution in [2.75, 3.05) is 16.6 Å². The molecule has 0 aliphatic carbocycles. The Balaban J connectivity index is 2.97. The Morgan fingerprint density at radius 2 is 1.75 bits per heavy atom. The van der Waals surface area contributed by atoms with Crippen LogP contribution in [0.1, 0.15) is 26.7 Å². The van der Waals surface area contributed by atoms with E-state index in [0.29, 0.717) is 6.54 Å². The number of sulfonamides is 1. The molecule has 1 aromatic rings. The molecule has 0 unspecified atom stereocenters. The molecule has 0 aliphatic heterocycles. The number of para-hydroxylation sites is 1. The maximum absolute atomic E-state index is 11.9. The molecule has 1 rings (SSSR count). The summed E-state index contributed by atoms with van der Waals surface area (Å²) in [6.45, 7) is 4.30. The lowest BCUT2D eigenvalue weighted by Gasteiger charge is -2.23. The third-order valence-electron chi connectivity index (χ3n) is 2.46. The minimum Gasteiger partial charge on any atom is -0.270 e. The van der Waals surface area contributed by atoms with Crippen LogP contribution in [0, 0.1) is 0 Å². The van der Waals surface area contributed by atoms with E-state index < -0.39 is 10.0 Å². The van der Waals surface area contributed by atoms with Crippen LogP contribution in [-0.4, -0.2) is 20.7 Å². The third-order valence-corrected chi connectivity index (χ3v) is 4.25. The molecule has 0 heterocycles. The van der Waals surface area contributed by atoms with Crippen molar-refractivity contribution in [1.29, 1.82) is 0 Å². The van der Waals surface area contributed by atoms with E-state index >= 15 is 0 Å². The van der Waals surface area contributed by atoms with Gasteiger partial charge in [-0.2, -0.15) is 0 Å². The summed E-state index contributed by atoms with van der Waals surface area (Å²) in [5.41, 5.74) is 0.762. The molecule has 16 heavy (non-hydrogen) atoms. The van der Waals surface area contributed by atoms with Gasteiger partial charge in [0, 0.05) is 6.54 Å². The Morgan fingerprint density at radius 3 is 2.25 bits per heavy atom. The van der Waals surface area contributed by atoms with Crippen LogP contribution < -0.4 is 4.31 Å². The molecule has 0 saturated carbocycles. The summed E-state index contributed by atoms with van der Waals surface area (Å²) >= 11 is 0. The standard InChI is InChI=1S/C12H19NO2S/c1-3-5-11-13(16(14,15)4-2)12-9-7-6-8-10-12/h6-10H,3-5,11H2,1-2H3. The minimum atomic E-state index is -3.15. The van der Waals surface area contributed by atoms with E-state index in [0.717, 1.165) is 18.5 Å². The second-order valence-corrected chi connectivity index (χ2v) is 5.84. The molecule has 0 saturated heterocycles. The van der Waals surface area contributed by atoms with Crippen LogP contribution in [0.4, 0.5) is 5.69 Å². The number of rotatable bonds is 6. The largest absolute Gasteiger partial charge is 0.270 e. The number of hydrogen-bond donors (Lipinski definition) is 0. The first-order chi connectivity index (χ1) is 7.61. The van der Waals surface area contributed by atoms with Crippen LogP contribution in [0.2, 0.25) is 0 Å². The first kappa shape index (κ1) is 13.0. The Hall–Kier alpha value is -1.03. The highest BCUT2D eigenvalue weighted by Gasteiger charge is 2.19. The van der Waals surface area contributed by atoms with E-state index in [4.69, 9.17) is 0 Å². The summed E-state index contributed by atoms with van der Waals surface area (Å²) in [6.07, 6.45) is 1.87.